The topological polar surface area (TPSA) is 140 Å². The van der Waals surface area contributed by atoms with Crippen LogP contribution in [0, 0.1) is 23.0 Å². The number of ether oxygens (including phenoxy) is 2. The first kappa shape index (κ1) is 36.3. The fraction of sp³-hybridized carbons (Fsp3) is 0.486. The summed E-state index contributed by atoms with van der Waals surface area (Å²) in [5.74, 6) is 1.17. The van der Waals surface area contributed by atoms with E-state index >= 15 is 0 Å². The molecule has 3 heterocycles. The SMILES string of the molecule is COc1cc2nc(C)nc(N[C@H](C)c3cc([N+](=O)[O-])cc(C(F)(F)F)c3)c2cc1C1=CCN(C(=O)C2CCN(C(=O)OC(C)(C)C)CC2)CC1. The van der Waals surface area contributed by atoms with Crippen molar-refractivity contribution in [3.63, 3.8) is 0 Å². The highest BCUT2D eigenvalue weighted by Crippen LogP contribution is 2.38. The van der Waals surface area contributed by atoms with Crippen LogP contribution in [0.25, 0.3) is 16.5 Å². The van der Waals surface area contributed by atoms with Crippen LogP contribution in [0.4, 0.5) is 29.5 Å². The number of nitro groups is 1. The molecule has 2 aliphatic heterocycles. The average Bonchev–Trinajstić information content (AvgIpc) is 3.06. The van der Waals surface area contributed by atoms with E-state index in [-0.39, 0.29) is 23.5 Å². The summed E-state index contributed by atoms with van der Waals surface area (Å²) in [6, 6.07) is 5.35. The quantitative estimate of drug-likeness (QED) is 0.199. The molecule has 3 aromatic rings. The molecule has 0 unspecified atom stereocenters. The summed E-state index contributed by atoms with van der Waals surface area (Å²) in [7, 11) is 1.54. The molecule has 1 atom stereocenters. The molecule has 268 valence electrons. The number of hydrogen-bond acceptors (Lipinski definition) is 9. The number of halogens is 3. The second kappa shape index (κ2) is 14.1. The standard InChI is InChI=1S/C35H41F3N6O6/c1-20(24-15-25(35(36,37)38)17-26(16-24)44(47)48)39-31-28-18-27(30(49-6)19-29(28)40-21(2)41-31)22-7-11-42(12-8-22)32(45)23-9-13-43(14-10-23)33(46)50-34(3,4)5/h7,15-20,23H,8-14H2,1-6H3,(H,39,40,41)/t20-/m1/s1. The van der Waals surface area contributed by atoms with Gasteiger partial charge in [-0.25, -0.2) is 14.8 Å². The summed E-state index contributed by atoms with van der Waals surface area (Å²) in [4.78, 5) is 49.0. The first-order valence-corrected chi connectivity index (χ1v) is 16.4. The molecule has 2 amide bonds. The molecular formula is C35H41F3N6O6. The van der Waals surface area contributed by atoms with E-state index in [1.165, 1.54) is 0 Å². The number of fused-ring (bicyclic) bond motifs is 1. The molecule has 50 heavy (non-hydrogen) atoms. The van der Waals surface area contributed by atoms with E-state index in [0.717, 1.165) is 23.3 Å². The van der Waals surface area contributed by atoms with Crippen LogP contribution in [0.3, 0.4) is 0 Å². The Balaban J connectivity index is 1.35. The van der Waals surface area contributed by atoms with Crippen LogP contribution in [-0.4, -0.2) is 75.6 Å². The number of nitrogens with zero attached hydrogens (tertiary/aromatic N) is 5. The number of carbonyl (C=O) groups excluding carboxylic acids is 2. The lowest BCUT2D eigenvalue weighted by molar-refractivity contribution is -0.385. The Labute approximate surface area is 287 Å². The normalized spacial score (nSPS) is 16.5. The summed E-state index contributed by atoms with van der Waals surface area (Å²) < 4.78 is 52.0. The summed E-state index contributed by atoms with van der Waals surface area (Å²) in [5, 5.41) is 15.2. The predicted molar refractivity (Wildman–Crippen MR) is 181 cm³/mol. The van der Waals surface area contributed by atoms with Crippen LogP contribution in [0.1, 0.15) is 75.5 Å². The Morgan fingerprint density at radius 3 is 2.32 bits per heavy atom. The van der Waals surface area contributed by atoms with Gasteiger partial charge in [-0.3, -0.25) is 14.9 Å². The third-order valence-corrected chi connectivity index (χ3v) is 8.82. The largest absolute Gasteiger partial charge is 0.496 e. The lowest BCUT2D eigenvalue weighted by Gasteiger charge is -2.36. The molecule has 0 saturated carbocycles. The van der Waals surface area contributed by atoms with E-state index in [1.807, 2.05) is 37.8 Å². The first-order valence-electron chi connectivity index (χ1n) is 16.4. The number of benzene rings is 2. The van der Waals surface area contributed by atoms with Crippen molar-refractivity contribution in [2.45, 2.75) is 71.7 Å². The zero-order valence-electron chi connectivity index (χ0n) is 28.9. The zero-order valence-corrected chi connectivity index (χ0v) is 28.9. The molecule has 1 aromatic heterocycles. The van der Waals surface area contributed by atoms with Gasteiger partial charge in [0.15, 0.2) is 0 Å². The number of aryl methyl sites for hydroxylation is 1. The van der Waals surface area contributed by atoms with Gasteiger partial charge in [0.2, 0.25) is 5.91 Å². The Morgan fingerprint density at radius 1 is 1.04 bits per heavy atom. The number of alkyl halides is 3. The van der Waals surface area contributed by atoms with Crippen molar-refractivity contribution in [2.75, 3.05) is 38.6 Å². The molecule has 5 rings (SSSR count). The third-order valence-electron chi connectivity index (χ3n) is 8.82. The Kier molecular flexibility index (Phi) is 10.3. The minimum absolute atomic E-state index is 0.0498. The predicted octanol–water partition coefficient (Wildman–Crippen LogP) is 7.31. The van der Waals surface area contributed by atoms with Gasteiger partial charge in [0.05, 0.1) is 29.2 Å². The Morgan fingerprint density at radius 2 is 1.74 bits per heavy atom. The number of piperidine rings is 1. The van der Waals surface area contributed by atoms with Crippen LogP contribution < -0.4 is 10.1 Å². The van der Waals surface area contributed by atoms with Crippen molar-refractivity contribution in [3.8, 4) is 5.75 Å². The molecule has 1 N–H and O–H groups in total. The molecule has 2 aliphatic rings. The minimum atomic E-state index is -4.77. The maximum Gasteiger partial charge on any atom is 0.416 e. The van der Waals surface area contributed by atoms with Crippen LogP contribution in [0.5, 0.6) is 5.75 Å². The van der Waals surface area contributed by atoms with Gasteiger partial charge >= 0.3 is 12.3 Å². The van der Waals surface area contributed by atoms with E-state index in [4.69, 9.17) is 9.47 Å². The van der Waals surface area contributed by atoms with Gasteiger partial charge < -0.3 is 24.6 Å². The number of rotatable bonds is 7. The maximum atomic E-state index is 13.6. The Hall–Kier alpha value is -4.95. The molecule has 0 aliphatic carbocycles. The smallest absolute Gasteiger partial charge is 0.416 e. The first-order chi connectivity index (χ1) is 23.4. The van der Waals surface area contributed by atoms with Crippen molar-refractivity contribution in [1.82, 2.24) is 19.8 Å². The van der Waals surface area contributed by atoms with Crippen molar-refractivity contribution in [3.05, 3.63) is 69.0 Å². The van der Waals surface area contributed by atoms with Crippen LogP contribution in [-0.2, 0) is 15.7 Å². The number of non-ortho nitro benzene ring substituents is 1. The maximum absolute atomic E-state index is 13.6. The molecule has 12 nitrogen and oxygen atoms in total. The van der Waals surface area contributed by atoms with Crippen LogP contribution in [0.2, 0.25) is 0 Å². The summed E-state index contributed by atoms with van der Waals surface area (Å²) in [5.41, 5.74) is -0.0589. The summed E-state index contributed by atoms with van der Waals surface area (Å²) in [6.07, 6.45) is -1.49. The summed E-state index contributed by atoms with van der Waals surface area (Å²) >= 11 is 0. The second-order valence-electron chi connectivity index (χ2n) is 13.6. The van der Waals surface area contributed by atoms with Gasteiger partial charge in [0, 0.05) is 61.2 Å². The van der Waals surface area contributed by atoms with E-state index < -0.39 is 34.0 Å². The molecule has 2 aromatic carbocycles. The highest BCUT2D eigenvalue weighted by Gasteiger charge is 2.34. The van der Waals surface area contributed by atoms with Crippen molar-refractivity contribution in [1.29, 1.82) is 0 Å². The summed E-state index contributed by atoms with van der Waals surface area (Å²) in [6.45, 7) is 10.5. The lowest BCUT2D eigenvalue weighted by atomic mass is 9.93. The van der Waals surface area contributed by atoms with Crippen LogP contribution >= 0.6 is 0 Å². The fourth-order valence-electron chi connectivity index (χ4n) is 6.25. The number of methoxy groups -OCH3 is 1. The van der Waals surface area contributed by atoms with Gasteiger partial charge in [-0.05, 0) is 77.2 Å². The molecule has 0 bridgehead atoms. The average molecular weight is 699 g/mol. The van der Waals surface area contributed by atoms with E-state index in [2.05, 4.69) is 15.3 Å². The fourth-order valence-corrected chi connectivity index (χ4v) is 6.25. The number of aromatic nitrogens is 2. The van der Waals surface area contributed by atoms with Crippen molar-refractivity contribution in [2.24, 2.45) is 5.92 Å². The number of likely N-dealkylation sites (tertiary alicyclic amines) is 1. The van der Waals surface area contributed by atoms with Gasteiger partial charge in [0.25, 0.3) is 5.69 Å². The number of amides is 2. The van der Waals surface area contributed by atoms with E-state index in [1.54, 1.807) is 31.9 Å². The Bertz CT molecular complexity index is 1830. The third kappa shape index (κ3) is 8.25. The molecule has 15 heteroatoms. The molecule has 0 radical (unpaired) electrons. The van der Waals surface area contributed by atoms with E-state index in [9.17, 15) is 32.9 Å². The number of carbonyl (C=O) groups is 2. The van der Waals surface area contributed by atoms with Crippen molar-refractivity contribution >= 4 is 40.0 Å². The number of nitrogens with one attached hydrogen (secondary N) is 1. The van der Waals surface area contributed by atoms with Gasteiger partial charge in [-0.15, -0.1) is 0 Å². The number of nitro benzene ring substituents is 1. The molecular weight excluding hydrogens is 657 g/mol. The zero-order chi connectivity index (χ0) is 36.5. The van der Waals surface area contributed by atoms with Crippen LogP contribution in [0.15, 0.2) is 36.4 Å². The second-order valence-corrected chi connectivity index (χ2v) is 13.6. The molecule has 1 saturated heterocycles. The van der Waals surface area contributed by atoms with Gasteiger partial charge in [0.1, 0.15) is 23.0 Å². The van der Waals surface area contributed by atoms with E-state index in [0.29, 0.717) is 79.8 Å². The highest BCUT2D eigenvalue weighted by atomic mass is 19.4. The highest BCUT2D eigenvalue weighted by molar-refractivity contribution is 5.94. The monoisotopic (exact) mass is 698 g/mol. The minimum Gasteiger partial charge on any atom is -0.496 e. The lowest BCUT2D eigenvalue weighted by Crippen LogP contribution is -2.46. The van der Waals surface area contributed by atoms with Crippen molar-refractivity contribution < 1.29 is 37.2 Å². The van der Waals surface area contributed by atoms with Gasteiger partial charge in [-0.1, -0.05) is 6.08 Å². The molecule has 0 spiro atoms. The molecule has 1 fully saturated rings. The number of hydrogen-bond donors (Lipinski definition) is 1. The number of anilines is 1. The van der Waals surface area contributed by atoms with Gasteiger partial charge in [-0.2, -0.15) is 13.2 Å².